The van der Waals surface area contributed by atoms with E-state index in [4.69, 9.17) is 21.1 Å². The van der Waals surface area contributed by atoms with E-state index in [0.29, 0.717) is 29.0 Å². The smallest absolute Gasteiger partial charge is 0.283 e. The van der Waals surface area contributed by atoms with Gasteiger partial charge in [-0.25, -0.2) is 9.38 Å². The van der Waals surface area contributed by atoms with E-state index in [9.17, 15) is 9.18 Å². The topological polar surface area (TPSA) is 51.1 Å². The predicted molar refractivity (Wildman–Crippen MR) is 126 cm³/mol. The molecule has 164 valence electrons. The van der Waals surface area contributed by atoms with Gasteiger partial charge >= 0.3 is 0 Å². The molecule has 3 rings (SSSR count). The third-order valence-electron chi connectivity index (χ3n) is 4.51. The minimum absolute atomic E-state index is 0.0445. The summed E-state index contributed by atoms with van der Waals surface area (Å²) in [5, 5.41) is 0.502. The van der Waals surface area contributed by atoms with Gasteiger partial charge in [0, 0.05) is 5.75 Å². The molecule has 1 aliphatic rings. The van der Waals surface area contributed by atoms with Gasteiger partial charge in [0.2, 0.25) is 0 Å². The summed E-state index contributed by atoms with van der Waals surface area (Å²) in [6.45, 7) is 4.52. The van der Waals surface area contributed by atoms with Crippen LogP contribution in [0.5, 0.6) is 11.5 Å². The molecule has 5 nitrogen and oxygen atoms in total. The molecule has 0 unspecified atom stereocenters. The molecule has 0 bridgehead atoms. The Kier molecular flexibility index (Phi) is 7.98. The molecule has 2 aromatic rings. The van der Waals surface area contributed by atoms with Crippen molar-refractivity contribution in [2.75, 3.05) is 24.4 Å². The molecule has 1 amide bonds. The van der Waals surface area contributed by atoms with E-state index in [2.05, 4.69) is 11.9 Å². The molecule has 0 saturated carbocycles. The lowest BCUT2D eigenvalue weighted by Gasteiger charge is -2.18. The van der Waals surface area contributed by atoms with Crippen LogP contribution in [-0.4, -0.2) is 30.5 Å². The maximum Gasteiger partial charge on any atom is 0.283 e. The number of unbranched alkanes of at least 4 members (excludes halogenated alkanes) is 1. The van der Waals surface area contributed by atoms with E-state index in [-0.39, 0.29) is 16.6 Å². The number of thioether (sulfide) groups is 1. The molecule has 0 aromatic heterocycles. The molecular weight excluding hydrogens is 439 g/mol. The second-order valence-corrected chi connectivity index (χ2v) is 8.18. The molecule has 31 heavy (non-hydrogen) atoms. The zero-order valence-corrected chi connectivity index (χ0v) is 19.2. The van der Waals surface area contributed by atoms with Crippen LogP contribution in [0.1, 0.15) is 32.3 Å². The molecule has 0 fully saturated rings. The average Bonchev–Trinajstić information content (AvgIpc) is 3.06. The number of amidine groups is 1. The van der Waals surface area contributed by atoms with E-state index in [1.807, 2.05) is 13.0 Å². The maximum absolute atomic E-state index is 13.6. The van der Waals surface area contributed by atoms with Crippen LogP contribution in [0.3, 0.4) is 0 Å². The first-order valence-electron chi connectivity index (χ1n) is 10.0. The molecule has 0 spiro atoms. The quantitative estimate of drug-likeness (QED) is 0.348. The molecule has 1 aliphatic heterocycles. The Morgan fingerprint density at radius 3 is 2.68 bits per heavy atom. The number of carbonyl (C=O) groups is 1. The third kappa shape index (κ3) is 5.40. The molecule has 0 saturated heterocycles. The van der Waals surface area contributed by atoms with Gasteiger partial charge < -0.3 is 9.47 Å². The van der Waals surface area contributed by atoms with Crippen molar-refractivity contribution in [1.29, 1.82) is 0 Å². The summed E-state index contributed by atoms with van der Waals surface area (Å²) >= 11 is 7.44. The van der Waals surface area contributed by atoms with Crippen LogP contribution in [0.15, 0.2) is 47.1 Å². The fourth-order valence-corrected chi connectivity index (χ4v) is 4.23. The number of aliphatic imine (C=N–C) groups is 1. The van der Waals surface area contributed by atoms with Crippen molar-refractivity contribution in [3.8, 4) is 11.5 Å². The number of carbonyl (C=O) groups excluding carboxylic acids is 1. The largest absolute Gasteiger partial charge is 0.493 e. The summed E-state index contributed by atoms with van der Waals surface area (Å²) in [5.74, 6) is 1.19. The standard InChI is InChI=1S/C23H24ClFN2O3S/c1-4-6-11-31-23-26-19(12-15-7-10-20(30-5-2)21(13-15)29-3)22(28)27(23)16-8-9-18(25)17(24)14-16/h7-10,12-14H,4-6,11H2,1-3H3/b19-12-. The fraction of sp³-hybridized carbons (Fsp3) is 0.304. The van der Waals surface area contributed by atoms with E-state index in [1.165, 1.54) is 34.9 Å². The van der Waals surface area contributed by atoms with Crippen LogP contribution in [0.4, 0.5) is 10.1 Å². The predicted octanol–water partition coefficient (Wildman–Crippen LogP) is 6.16. The summed E-state index contributed by atoms with van der Waals surface area (Å²) < 4.78 is 24.6. The van der Waals surface area contributed by atoms with Crippen molar-refractivity contribution in [2.24, 2.45) is 4.99 Å². The maximum atomic E-state index is 13.6. The van der Waals surface area contributed by atoms with Gasteiger partial charge in [-0.15, -0.1) is 0 Å². The van der Waals surface area contributed by atoms with Gasteiger partial charge in [0.05, 0.1) is 24.4 Å². The number of hydrogen-bond acceptors (Lipinski definition) is 5. The number of ether oxygens (including phenoxy) is 2. The van der Waals surface area contributed by atoms with Gasteiger partial charge in [-0.05, 0) is 55.3 Å². The highest BCUT2D eigenvalue weighted by molar-refractivity contribution is 8.14. The van der Waals surface area contributed by atoms with Crippen LogP contribution in [-0.2, 0) is 4.79 Å². The highest BCUT2D eigenvalue weighted by atomic mass is 35.5. The molecule has 0 aliphatic carbocycles. The Morgan fingerprint density at radius 2 is 2.00 bits per heavy atom. The van der Waals surface area contributed by atoms with Crippen molar-refractivity contribution in [1.82, 2.24) is 0 Å². The van der Waals surface area contributed by atoms with Crippen LogP contribution in [0.2, 0.25) is 5.02 Å². The number of hydrogen-bond donors (Lipinski definition) is 0. The summed E-state index contributed by atoms with van der Waals surface area (Å²) in [5.41, 5.74) is 1.52. The molecular formula is C23H24ClFN2O3S. The summed E-state index contributed by atoms with van der Waals surface area (Å²) in [6.07, 6.45) is 3.72. The number of methoxy groups -OCH3 is 1. The van der Waals surface area contributed by atoms with Gasteiger partial charge in [0.15, 0.2) is 16.7 Å². The minimum atomic E-state index is -0.536. The molecule has 1 heterocycles. The monoisotopic (exact) mass is 462 g/mol. The molecule has 0 radical (unpaired) electrons. The second kappa shape index (κ2) is 10.7. The fourth-order valence-electron chi connectivity index (χ4n) is 2.96. The van der Waals surface area contributed by atoms with E-state index >= 15 is 0 Å². The zero-order valence-electron chi connectivity index (χ0n) is 17.7. The first kappa shape index (κ1) is 23.2. The minimum Gasteiger partial charge on any atom is -0.493 e. The first-order chi connectivity index (χ1) is 15.0. The normalized spacial score (nSPS) is 14.9. The Morgan fingerprint density at radius 1 is 1.19 bits per heavy atom. The Bertz CT molecular complexity index is 1030. The van der Waals surface area contributed by atoms with Crippen molar-refractivity contribution >= 4 is 46.2 Å². The summed E-state index contributed by atoms with van der Waals surface area (Å²) in [6, 6.07) is 9.64. The van der Waals surface area contributed by atoms with Crippen LogP contribution in [0.25, 0.3) is 6.08 Å². The zero-order chi connectivity index (χ0) is 22.4. The van der Waals surface area contributed by atoms with Gasteiger partial charge in [-0.2, -0.15) is 0 Å². The lowest BCUT2D eigenvalue weighted by atomic mass is 10.1. The van der Waals surface area contributed by atoms with E-state index in [1.54, 1.807) is 25.3 Å². The SMILES string of the molecule is CCCCSC1=N/C(=C\c2ccc(OCC)c(OC)c2)C(=O)N1c1ccc(F)c(Cl)c1. The highest BCUT2D eigenvalue weighted by Crippen LogP contribution is 2.33. The molecule has 0 atom stereocenters. The van der Waals surface area contributed by atoms with E-state index in [0.717, 1.165) is 24.2 Å². The van der Waals surface area contributed by atoms with Gasteiger partial charge in [0.1, 0.15) is 11.5 Å². The van der Waals surface area contributed by atoms with Crippen LogP contribution in [0, 0.1) is 5.82 Å². The van der Waals surface area contributed by atoms with E-state index < -0.39 is 5.82 Å². The molecule has 8 heteroatoms. The first-order valence-corrected chi connectivity index (χ1v) is 11.4. The third-order valence-corrected chi connectivity index (χ3v) is 5.83. The number of benzene rings is 2. The van der Waals surface area contributed by atoms with Crippen molar-refractivity contribution in [3.05, 3.63) is 58.5 Å². The number of amides is 1. The average molecular weight is 463 g/mol. The Balaban J connectivity index is 1.96. The Labute approximate surface area is 190 Å². The number of rotatable bonds is 8. The molecule has 2 aromatic carbocycles. The lowest BCUT2D eigenvalue weighted by molar-refractivity contribution is -0.113. The van der Waals surface area contributed by atoms with Gasteiger partial charge in [-0.3, -0.25) is 9.69 Å². The van der Waals surface area contributed by atoms with Gasteiger partial charge in [0.25, 0.3) is 5.91 Å². The van der Waals surface area contributed by atoms with Crippen molar-refractivity contribution < 1.29 is 18.7 Å². The highest BCUT2D eigenvalue weighted by Gasteiger charge is 2.32. The van der Waals surface area contributed by atoms with Crippen molar-refractivity contribution in [3.63, 3.8) is 0 Å². The van der Waals surface area contributed by atoms with Crippen LogP contribution >= 0.6 is 23.4 Å². The van der Waals surface area contributed by atoms with Crippen LogP contribution < -0.4 is 14.4 Å². The number of nitrogens with zero attached hydrogens (tertiary/aromatic N) is 2. The summed E-state index contributed by atoms with van der Waals surface area (Å²) in [4.78, 5) is 19.3. The van der Waals surface area contributed by atoms with Gasteiger partial charge in [-0.1, -0.05) is 42.8 Å². The number of anilines is 1. The summed E-state index contributed by atoms with van der Waals surface area (Å²) in [7, 11) is 1.57. The molecule has 0 N–H and O–H groups in total. The Hall–Kier alpha value is -2.51. The van der Waals surface area contributed by atoms with Crippen molar-refractivity contribution in [2.45, 2.75) is 26.7 Å². The number of halogens is 2. The second-order valence-electron chi connectivity index (χ2n) is 6.71. The lowest BCUT2D eigenvalue weighted by Crippen LogP contribution is -2.30.